The second kappa shape index (κ2) is 1.28. The quantitative estimate of drug-likeness (QED) is 0.491. The standard InChI is InChI=1S/C10H16N/c1-11(3-2-4-11)10-7-5-6-8(7)9(6)10/h6-10H,2-5H2,1H3/q+1. The van der Waals surface area contributed by atoms with E-state index in [1.807, 2.05) is 0 Å². The fourth-order valence-corrected chi connectivity index (χ4v) is 4.44. The second-order valence-corrected chi connectivity index (χ2v) is 5.49. The summed E-state index contributed by atoms with van der Waals surface area (Å²) in [4.78, 5) is 0. The van der Waals surface area contributed by atoms with Gasteiger partial charge in [-0.2, -0.15) is 0 Å². The van der Waals surface area contributed by atoms with Gasteiger partial charge in [-0.25, -0.2) is 0 Å². The van der Waals surface area contributed by atoms with Crippen molar-refractivity contribution in [2.24, 2.45) is 23.7 Å². The zero-order valence-corrected chi connectivity index (χ0v) is 7.16. The van der Waals surface area contributed by atoms with E-state index < -0.39 is 0 Å². The summed E-state index contributed by atoms with van der Waals surface area (Å²) in [5.41, 5.74) is 0. The van der Waals surface area contributed by atoms with Crippen LogP contribution in [0.25, 0.3) is 0 Å². The van der Waals surface area contributed by atoms with Gasteiger partial charge in [-0.15, -0.1) is 0 Å². The van der Waals surface area contributed by atoms with Crippen molar-refractivity contribution >= 4 is 0 Å². The summed E-state index contributed by atoms with van der Waals surface area (Å²) in [6.45, 7) is 2.99. The molecule has 4 aliphatic rings. The van der Waals surface area contributed by atoms with E-state index in [9.17, 15) is 0 Å². The minimum atomic E-state index is 1.15. The van der Waals surface area contributed by atoms with Crippen LogP contribution >= 0.6 is 0 Å². The Labute approximate surface area is 68.0 Å². The van der Waals surface area contributed by atoms with Gasteiger partial charge in [0.2, 0.25) is 0 Å². The third-order valence-electron chi connectivity index (χ3n) is 5.22. The summed E-state index contributed by atoms with van der Waals surface area (Å²) in [6, 6.07) is 1.15. The Morgan fingerprint density at radius 3 is 2.27 bits per heavy atom. The molecule has 11 heavy (non-hydrogen) atoms. The van der Waals surface area contributed by atoms with Gasteiger partial charge in [0.25, 0.3) is 0 Å². The van der Waals surface area contributed by atoms with Crippen LogP contribution in [0.4, 0.5) is 0 Å². The lowest BCUT2D eigenvalue weighted by molar-refractivity contribution is -0.978. The highest BCUT2D eigenvalue weighted by atomic mass is 15.4. The number of fused-ring (bicyclic) bond motifs is 1. The molecular weight excluding hydrogens is 134 g/mol. The van der Waals surface area contributed by atoms with Crippen molar-refractivity contribution < 1.29 is 4.48 Å². The maximum absolute atomic E-state index is 2.50. The molecule has 3 aliphatic carbocycles. The van der Waals surface area contributed by atoms with Crippen molar-refractivity contribution in [3.8, 4) is 0 Å². The molecule has 1 heteroatoms. The summed E-state index contributed by atoms with van der Waals surface area (Å²) in [5.74, 6) is 4.93. The molecule has 1 aliphatic heterocycles. The van der Waals surface area contributed by atoms with Gasteiger partial charge in [0, 0.05) is 18.3 Å². The highest BCUT2D eigenvalue weighted by Gasteiger charge is 2.82. The largest absolute Gasteiger partial charge is 0.323 e. The molecule has 1 saturated heterocycles. The molecule has 0 aromatic carbocycles. The van der Waals surface area contributed by atoms with E-state index in [2.05, 4.69) is 7.05 Å². The molecule has 5 unspecified atom stereocenters. The van der Waals surface area contributed by atoms with E-state index in [-0.39, 0.29) is 0 Å². The number of quaternary nitrogens is 1. The molecule has 0 amide bonds. The third kappa shape index (κ3) is 0.395. The molecule has 0 radical (unpaired) electrons. The molecule has 0 aromatic heterocycles. The van der Waals surface area contributed by atoms with Crippen LogP contribution in [0.1, 0.15) is 12.8 Å². The first-order valence-electron chi connectivity index (χ1n) is 5.15. The highest BCUT2D eigenvalue weighted by molar-refractivity contribution is 5.26. The Balaban J connectivity index is 1.66. The van der Waals surface area contributed by atoms with Gasteiger partial charge >= 0.3 is 0 Å². The van der Waals surface area contributed by atoms with Crippen LogP contribution < -0.4 is 0 Å². The van der Waals surface area contributed by atoms with Gasteiger partial charge in [0.1, 0.15) is 0 Å². The lowest BCUT2D eigenvalue weighted by Gasteiger charge is -2.54. The molecule has 3 saturated carbocycles. The number of rotatable bonds is 1. The Hall–Kier alpha value is -0.0400. The monoisotopic (exact) mass is 150 g/mol. The Bertz CT molecular complexity index is 220. The molecule has 0 spiro atoms. The van der Waals surface area contributed by atoms with Crippen LogP contribution in [0.5, 0.6) is 0 Å². The summed E-state index contributed by atoms with van der Waals surface area (Å²) >= 11 is 0. The summed E-state index contributed by atoms with van der Waals surface area (Å²) in [5, 5.41) is 0. The molecule has 0 bridgehead atoms. The number of hydrogen-bond donors (Lipinski definition) is 0. The average molecular weight is 150 g/mol. The topological polar surface area (TPSA) is 0 Å². The molecule has 4 rings (SSSR count). The average Bonchev–Trinajstić information content (AvgIpc) is 2.27. The summed E-state index contributed by atoms with van der Waals surface area (Å²) < 4.78 is 1.47. The van der Waals surface area contributed by atoms with Gasteiger partial charge < -0.3 is 4.48 Å². The van der Waals surface area contributed by atoms with Gasteiger partial charge in [-0.05, 0) is 18.3 Å². The van der Waals surface area contributed by atoms with Gasteiger partial charge in [-0.3, -0.25) is 0 Å². The fraction of sp³-hybridized carbons (Fsp3) is 1.00. The van der Waals surface area contributed by atoms with Crippen LogP contribution in [0.2, 0.25) is 0 Å². The zero-order chi connectivity index (χ0) is 7.22. The van der Waals surface area contributed by atoms with E-state index in [1.54, 1.807) is 6.42 Å². The number of nitrogens with zero attached hydrogens (tertiary/aromatic N) is 1. The van der Waals surface area contributed by atoms with Gasteiger partial charge in [-0.1, -0.05) is 0 Å². The predicted molar refractivity (Wildman–Crippen MR) is 42.9 cm³/mol. The Morgan fingerprint density at radius 2 is 1.91 bits per heavy atom. The van der Waals surface area contributed by atoms with Crippen LogP contribution in [0.3, 0.4) is 0 Å². The van der Waals surface area contributed by atoms with Crippen molar-refractivity contribution in [3.63, 3.8) is 0 Å². The SMILES string of the molecule is C[N+]1(C2C3CC4C3C42)CCC1. The van der Waals surface area contributed by atoms with E-state index in [0.717, 1.165) is 6.04 Å². The van der Waals surface area contributed by atoms with E-state index in [4.69, 9.17) is 0 Å². The minimum absolute atomic E-state index is 1.15. The number of likely N-dealkylation sites (tertiary alicyclic amines) is 1. The Morgan fingerprint density at radius 1 is 1.09 bits per heavy atom. The lowest BCUT2D eigenvalue weighted by Crippen LogP contribution is -2.66. The molecule has 5 atom stereocenters. The molecular formula is C10H16N+. The molecule has 0 aromatic rings. The maximum atomic E-state index is 2.50. The molecule has 1 heterocycles. The van der Waals surface area contributed by atoms with Crippen LogP contribution in [0, 0.1) is 23.7 Å². The van der Waals surface area contributed by atoms with Crippen LogP contribution in [0.15, 0.2) is 0 Å². The second-order valence-electron chi connectivity index (χ2n) is 5.49. The van der Waals surface area contributed by atoms with E-state index >= 15 is 0 Å². The summed E-state index contributed by atoms with van der Waals surface area (Å²) in [7, 11) is 2.50. The maximum Gasteiger partial charge on any atom is 0.0954 e. The van der Waals surface area contributed by atoms with Crippen LogP contribution in [-0.4, -0.2) is 30.7 Å². The zero-order valence-electron chi connectivity index (χ0n) is 7.16. The van der Waals surface area contributed by atoms with Crippen molar-refractivity contribution in [3.05, 3.63) is 0 Å². The lowest BCUT2D eigenvalue weighted by atomic mass is 9.72. The molecule has 1 nitrogen and oxygen atoms in total. The van der Waals surface area contributed by atoms with Crippen molar-refractivity contribution in [2.45, 2.75) is 18.9 Å². The van der Waals surface area contributed by atoms with Crippen molar-refractivity contribution in [1.82, 2.24) is 0 Å². The van der Waals surface area contributed by atoms with Crippen LogP contribution in [-0.2, 0) is 0 Å². The molecule has 60 valence electrons. The fourth-order valence-electron chi connectivity index (χ4n) is 4.44. The van der Waals surface area contributed by atoms with Gasteiger partial charge in [0.05, 0.1) is 26.2 Å². The van der Waals surface area contributed by atoms with E-state index in [1.165, 1.54) is 47.7 Å². The number of hydrogen-bond acceptors (Lipinski definition) is 0. The predicted octanol–water partition coefficient (Wildman–Crippen LogP) is 1.10. The third-order valence-corrected chi connectivity index (χ3v) is 5.22. The first kappa shape index (κ1) is 5.58. The van der Waals surface area contributed by atoms with E-state index in [0.29, 0.717) is 0 Å². The normalized spacial score (nSPS) is 66.8. The first-order valence-corrected chi connectivity index (χ1v) is 5.15. The molecule has 4 fully saturated rings. The summed E-state index contributed by atoms with van der Waals surface area (Å²) in [6.07, 6.45) is 3.12. The minimum Gasteiger partial charge on any atom is -0.323 e. The van der Waals surface area contributed by atoms with Crippen molar-refractivity contribution in [2.75, 3.05) is 20.1 Å². The smallest absolute Gasteiger partial charge is 0.0954 e. The highest BCUT2D eigenvalue weighted by Crippen LogP contribution is 2.79. The van der Waals surface area contributed by atoms with Gasteiger partial charge in [0.15, 0.2) is 0 Å². The molecule has 0 N–H and O–H groups in total. The van der Waals surface area contributed by atoms with Crippen molar-refractivity contribution in [1.29, 1.82) is 0 Å². The first-order chi connectivity index (χ1) is 5.31. The Kier molecular flexibility index (Phi) is 0.651.